The summed E-state index contributed by atoms with van der Waals surface area (Å²) in [6, 6.07) is 17.5. The summed E-state index contributed by atoms with van der Waals surface area (Å²) in [6.07, 6.45) is 0. The fourth-order valence-corrected chi connectivity index (χ4v) is 5.00. The van der Waals surface area contributed by atoms with Gasteiger partial charge in [-0.25, -0.2) is 8.42 Å². The Balaban J connectivity index is 1.58. The Morgan fingerprint density at radius 3 is 2.21 bits per heavy atom. The van der Waals surface area contributed by atoms with E-state index in [1.165, 1.54) is 47.6 Å². The van der Waals surface area contributed by atoms with Gasteiger partial charge in [0.1, 0.15) is 0 Å². The quantitative estimate of drug-likeness (QED) is 0.527. The maximum Gasteiger partial charge on any atom is 0.264 e. The molecule has 0 bridgehead atoms. The van der Waals surface area contributed by atoms with Gasteiger partial charge in [0.25, 0.3) is 15.9 Å². The first-order valence-electron chi connectivity index (χ1n) is 10.2. The number of hydrogen-bond donors (Lipinski definition) is 1. The number of sulfonamides is 1. The molecule has 3 aromatic rings. The first-order chi connectivity index (χ1) is 15.8. The van der Waals surface area contributed by atoms with Gasteiger partial charge in [-0.1, -0.05) is 18.2 Å². The number of nitrogens with one attached hydrogen (secondary N) is 1. The van der Waals surface area contributed by atoms with E-state index in [9.17, 15) is 18.0 Å². The number of carbonyl (C=O) groups is 2. The van der Waals surface area contributed by atoms with Gasteiger partial charge >= 0.3 is 0 Å². The molecule has 0 saturated carbocycles. The van der Waals surface area contributed by atoms with Crippen molar-refractivity contribution in [3.8, 4) is 11.5 Å². The zero-order valence-corrected chi connectivity index (χ0v) is 18.9. The molecule has 0 fully saturated rings. The smallest absolute Gasteiger partial charge is 0.264 e. The number of anilines is 2. The number of ether oxygens (including phenoxy) is 2. The summed E-state index contributed by atoms with van der Waals surface area (Å²) >= 11 is 0. The topological polar surface area (TPSA) is 102 Å². The van der Waals surface area contributed by atoms with Crippen LogP contribution in [0.1, 0.15) is 34.6 Å². The van der Waals surface area contributed by atoms with Crippen LogP contribution in [0.2, 0.25) is 0 Å². The van der Waals surface area contributed by atoms with Gasteiger partial charge in [0.15, 0.2) is 17.3 Å². The minimum Gasteiger partial charge on any atom is -0.454 e. The average molecular weight is 467 g/mol. The lowest BCUT2D eigenvalue weighted by Crippen LogP contribution is -2.30. The molecule has 0 atom stereocenters. The van der Waals surface area contributed by atoms with E-state index in [1.54, 1.807) is 31.2 Å². The second kappa shape index (κ2) is 8.95. The number of amides is 1. The lowest BCUT2D eigenvalue weighted by atomic mass is 10.1. The molecule has 9 heteroatoms. The molecule has 0 aromatic heterocycles. The van der Waals surface area contributed by atoms with Gasteiger partial charge in [-0.15, -0.1) is 0 Å². The molecule has 33 heavy (non-hydrogen) atoms. The predicted molar refractivity (Wildman–Crippen MR) is 124 cm³/mol. The number of para-hydroxylation sites is 1. The van der Waals surface area contributed by atoms with Gasteiger partial charge in [-0.3, -0.25) is 13.9 Å². The number of benzene rings is 3. The molecule has 0 saturated heterocycles. The zero-order valence-electron chi connectivity index (χ0n) is 18.1. The van der Waals surface area contributed by atoms with Crippen molar-refractivity contribution < 1.29 is 27.5 Å². The van der Waals surface area contributed by atoms with Crippen LogP contribution >= 0.6 is 0 Å². The fraction of sp³-hybridized carbons (Fsp3) is 0.167. The second-order valence-electron chi connectivity index (χ2n) is 7.29. The highest BCUT2D eigenvalue weighted by atomic mass is 32.2. The molecule has 0 unspecified atom stereocenters. The third kappa shape index (κ3) is 4.40. The molecular formula is C24H22N2O6S. The number of Topliss-reactive ketones (excluding diaryl/α,β-unsaturated/α-hetero) is 1. The van der Waals surface area contributed by atoms with Crippen molar-refractivity contribution in [1.82, 2.24) is 0 Å². The lowest BCUT2D eigenvalue weighted by molar-refractivity contribution is 0.101. The molecule has 170 valence electrons. The normalized spacial score (nSPS) is 12.3. The van der Waals surface area contributed by atoms with E-state index in [1.807, 2.05) is 6.07 Å². The van der Waals surface area contributed by atoms with Gasteiger partial charge < -0.3 is 14.8 Å². The van der Waals surface area contributed by atoms with E-state index < -0.39 is 15.9 Å². The summed E-state index contributed by atoms with van der Waals surface area (Å²) in [5, 5.41) is 2.70. The molecule has 1 aliphatic rings. The molecule has 0 aliphatic carbocycles. The van der Waals surface area contributed by atoms with Crippen LogP contribution in [-0.2, 0) is 10.0 Å². The summed E-state index contributed by atoms with van der Waals surface area (Å²) in [7, 11) is -3.80. The minimum atomic E-state index is -3.80. The fourth-order valence-electron chi connectivity index (χ4n) is 3.52. The minimum absolute atomic E-state index is 0.0395. The van der Waals surface area contributed by atoms with Crippen LogP contribution in [0.25, 0.3) is 0 Å². The molecule has 8 nitrogen and oxygen atoms in total. The lowest BCUT2D eigenvalue weighted by Gasteiger charge is -2.23. The van der Waals surface area contributed by atoms with Crippen molar-refractivity contribution >= 4 is 33.1 Å². The highest BCUT2D eigenvalue weighted by Gasteiger charge is 2.24. The zero-order chi connectivity index (χ0) is 23.6. The van der Waals surface area contributed by atoms with Gasteiger partial charge in [0.05, 0.1) is 16.3 Å². The molecule has 1 heterocycles. The van der Waals surface area contributed by atoms with Gasteiger partial charge in [0, 0.05) is 23.7 Å². The van der Waals surface area contributed by atoms with Crippen LogP contribution < -0.4 is 19.1 Å². The molecule has 1 N–H and O–H groups in total. The standard InChI is InChI=1S/C24H22N2O6S/c1-3-26(18-7-5-4-6-8-18)33(29,30)19-11-9-17(10-12-19)24(28)25-21-14-23-22(31-15-32-23)13-20(21)16(2)27/h4-14H,3,15H2,1-2H3,(H,25,28). The Bertz CT molecular complexity index is 1300. The average Bonchev–Trinajstić information content (AvgIpc) is 3.27. The Morgan fingerprint density at radius 1 is 0.970 bits per heavy atom. The van der Waals surface area contributed by atoms with Gasteiger partial charge in [-0.2, -0.15) is 0 Å². The Labute approximate surface area is 191 Å². The van der Waals surface area contributed by atoms with Crippen molar-refractivity contribution in [2.45, 2.75) is 18.7 Å². The number of carbonyl (C=O) groups excluding carboxylic acids is 2. The molecule has 1 aliphatic heterocycles. The highest BCUT2D eigenvalue weighted by Crippen LogP contribution is 2.37. The van der Waals surface area contributed by atoms with Crippen LogP contribution in [0.5, 0.6) is 11.5 Å². The Hall–Kier alpha value is -3.85. The number of fused-ring (bicyclic) bond motifs is 1. The highest BCUT2D eigenvalue weighted by molar-refractivity contribution is 7.92. The van der Waals surface area contributed by atoms with Gasteiger partial charge in [0.2, 0.25) is 6.79 Å². The van der Waals surface area contributed by atoms with Crippen molar-refractivity contribution in [1.29, 1.82) is 0 Å². The Morgan fingerprint density at radius 2 is 1.61 bits per heavy atom. The van der Waals surface area contributed by atoms with E-state index in [2.05, 4.69) is 5.32 Å². The van der Waals surface area contributed by atoms with E-state index in [0.717, 1.165) is 0 Å². The molecule has 0 spiro atoms. The summed E-state index contributed by atoms with van der Waals surface area (Å²) in [6.45, 7) is 3.44. The second-order valence-corrected chi connectivity index (χ2v) is 9.15. The van der Waals surface area contributed by atoms with E-state index >= 15 is 0 Å². The van der Waals surface area contributed by atoms with Crippen LogP contribution in [0.15, 0.2) is 71.6 Å². The van der Waals surface area contributed by atoms with Crippen LogP contribution in [0, 0.1) is 0 Å². The van der Waals surface area contributed by atoms with E-state index in [0.29, 0.717) is 17.2 Å². The van der Waals surface area contributed by atoms with Crippen LogP contribution in [0.3, 0.4) is 0 Å². The van der Waals surface area contributed by atoms with Crippen LogP contribution in [0.4, 0.5) is 11.4 Å². The molecule has 0 radical (unpaired) electrons. The summed E-state index contributed by atoms with van der Waals surface area (Å²) < 4.78 is 38.2. The third-order valence-electron chi connectivity index (χ3n) is 5.18. The van der Waals surface area contributed by atoms with Crippen molar-refractivity contribution in [2.75, 3.05) is 23.0 Å². The molecule has 4 rings (SSSR count). The van der Waals surface area contributed by atoms with Gasteiger partial charge in [-0.05, 0) is 56.3 Å². The van der Waals surface area contributed by atoms with Crippen LogP contribution in [-0.4, -0.2) is 33.4 Å². The molecular weight excluding hydrogens is 444 g/mol. The largest absolute Gasteiger partial charge is 0.454 e. The number of hydrogen-bond acceptors (Lipinski definition) is 6. The first-order valence-corrected chi connectivity index (χ1v) is 11.7. The maximum absolute atomic E-state index is 13.1. The first kappa shape index (κ1) is 22.3. The predicted octanol–water partition coefficient (Wildman–Crippen LogP) is 4.09. The number of rotatable bonds is 7. The monoisotopic (exact) mass is 466 g/mol. The van der Waals surface area contributed by atoms with Crippen molar-refractivity contribution in [3.05, 3.63) is 77.9 Å². The van der Waals surface area contributed by atoms with Crippen molar-refractivity contribution in [2.24, 2.45) is 0 Å². The summed E-state index contributed by atoms with van der Waals surface area (Å²) in [5.41, 5.74) is 1.37. The number of ketones is 1. The SMILES string of the molecule is CCN(c1ccccc1)S(=O)(=O)c1ccc(C(=O)Nc2cc3c(cc2C(C)=O)OCO3)cc1. The summed E-state index contributed by atoms with van der Waals surface area (Å²) in [5.74, 6) is 0.130. The van der Waals surface area contributed by atoms with E-state index in [4.69, 9.17) is 9.47 Å². The van der Waals surface area contributed by atoms with Crippen molar-refractivity contribution in [3.63, 3.8) is 0 Å². The van der Waals surface area contributed by atoms with E-state index in [-0.39, 0.29) is 40.8 Å². The Kier molecular flexibility index (Phi) is 6.06. The molecule has 3 aromatic carbocycles. The third-order valence-corrected chi connectivity index (χ3v) is 7.09. The molecule has 1 amide bonds. The number of nitrogens with zero attached hydrogens (tertiary/aromatic N) is 1. The summed E-state index contributed by atoms with van der Waals surface area (Å²) in [4.78, 5) is 24.9. The maximum atomic E-state index is 13.1.